The minimum atomic E-state index is -0.162. The molecule has 1 amide bonds. The normalized spacial score (nSPS) is 13.1. The van der Waals surface area contributed by atoms with Gasteiger partial charge in [-0.15, -0.1) is 0 Å². The van der Waals surface area contributed by atoms with Crippen LogP contribution >= 0.6 is 38.5 Å². The first-order chi connectivity index (χ1) is 8.69. The summed E-state index contributed by atoms with van der Waals surface area (Å²) in [7, 11) is 0. The van der Waals surface area contributed by atoms with Crippen molar-refractivity contribution in [3.8, 4) is 5.75 Å². The van der Waals surface area contributed by atoms with Crippen molar-refractivity contribution in [1.82, 2.24) is 5.32 Å². The molecule has 3 nitrogen and oxygen atoms in total. The summed E-state index contributed by atoms with van der Waals surface area (Å²) < 4.78 is 0.736. The van der Waals surface area contributed by atoms with Crippen LogP contribution in [-0.4, -0.2) is 22.4 Å². The fourth-order valence-corrected chi connectivity index (χ4v) is 3.16. The number of benzene rings is 1. The largest absolute Gasteiger partial charge is 0.507 e. The van der Waals surface area contributed by atoms with Crippen molar-refractivity contribution in [2.75, 3.05) is 6.54 Å². The Bertz CT molecular complexity index is 457. The Balaban J connectivity index is 2.53. The molecule has 1 unspecified atom stereocenters. The topological polar surface area (TPSA) is 49.3 Å². The number of amides is 1. The highest BCUT2D eigenvalue weighted by Crippen LogP contribution is 2.24. The van der Waals surface area contributed by atoms with Gasteiger partial charge in [-0.1, -0.05) is 36.7 Å². The molecule has 0 fully saturated rings. The number of hydrogen-bond acceptors (Lipinski definition) is 2. The quantitative estimate of drug-likeness (QED) is 0.551. The van der Waals surface area contributed by atoms with Crippen molar-refractivity contribution in [3.63, 3.8) is 0 Å². The molecule has 1 rings (SSSR count). The molecule has 0 aliphatic heterocycles. The van der Waals surface area contributed by atoms with Gasteiger partial charge >= 0.3 is 0 Å². The van der Waals surface area contributed by atoms with E-state index in [9.17, 15) is 9.90 Å². The molecule has 0 aliphatic carbocycles. The fourth-order valence-electron chi connectivity index (χ4n) is 1.70. The van der Waals surface area contributed by atoms with Gasteiger partial charge in [-0.05, 0) is 52.6 Å². The minimum absolute atomic E-state index is 0.137. The minimum Gasteiger partial charge on any atom is -0.507 e. The van der Waals surface area contributed by atoms with Gasteiger partial charge in [-0.2, -0.15) is 0 Å². The molecular weight excluding hydrogens is 421 g/mol. The number of rotatable bonds is 4. The third-order valence-corrected chi connectivity index (χ3v) is 4.09. The molecule has 1 aromatic carbocycles. The molecule has 0 aliphatic rings. The van der Waals surface area contributed by atoms with Crippen molar-refractivity contribution in [2.45, 2.75) is 32.0 Å². The summed E-state index contributed by atoms with van der Waals surface area (Å²) in [4.78, 5) is 12.2. The lowest BCUT2D eigenvalue weighted by Crippen LogP contribution is -2.31. The maximum Gasteiger partial charge on any atom is 0.251 e. The van der Waals surface area contributed by atoms with Crippen LogP contribution in [0.15, 0.2) is 18.2 Å². The summed E-state index contributed by atoms with van der Waals surface area (Å²) in [6.07, 6.45) is 0.977. The number of carbonyl (C=O) groups excluding carboxylic acids is 1. The van der Waals surface area contributed by atoms with E-state index in [0.717, 1.165) is 9.99 Å². The summed E-state index contributed by atoms with van der Waals surface area (Å²) in [5.74, 6) is -0.0246. The highest BCUT2D eigenvalue weighted by molar-refractivity contribution is 14.1. The number of alkyl halides is 1. The second kappa shape index (κ2) is 6.92. The van der Waals surface area contributed by atoms with E-state index in [1.54, 1.807) is 12.1 Å². The van der Waals surface area contributed by atoms with E-state index in [4.69, 9.17) is 0 Å². The summed E-state index contributed by atoms with van der Waals surface area (Å²) in [5.41, 5.74) is 0.702. The van der Waals surface area contributed by atoms with Crippen LogP contribution < -0.4 is 5.32 Å². The molecule has 0 heterocycles. The van der Waals surface area contributed by atoms with Crippen LogP contribution in [0.25, 0.3) is 0 Å². The van der Waals surface area contributed by atoms with Gasteiger partial charge in [0.25, 0.3) is 5.91 Å². The number of phenolic OH excluding ortho intramolecular Hbond substituents is 1. The van der Waals surface area contributed by atoms with Crippen LogP contribution in [0.2, 0.25) is 0 Å². The number of carbonyl (C=O) groups is 1. The fraction of sp³-hybridized carbons (Fsp3) is 0.500. The Morgan fingerprint density at radius 2 is 2.11 bits per heavy atom. The molecule has 106 valence electrons. The maximum absolute atomic E-state index is 11.9. The standard InChI is InChI=1S/C14H19BrINO2/c1-14(2,3)7-10(15)8-17-13(19)9-4-5-11(16)12(18)6-9/h4-6,10,18H,7-8H2,1-3H3,(H,17,19). The summed E-state index contributed by atoms with van der Waals surface area (Å²) >= 11 is 5.60. The van der Waals surface area contributed by atoms with Gasteiger partial charge in [-0.3, -0.25) is 4.79 Å². The highest BCUT2D eigenvalue weighted by Gasteiger charge is 2.17. The van der Waals surface area contributed by atoms with Gasteiger partial charge in [0.2, 0.25) is 0 Å². The lowest BCUT2D eigenvalue weighted by Gasteiger charge is -2.22. The van der Waals surface area contributed by atoms with Gasteiger partial charge < -0.3 is 10.4 Å². The smallest absolute Gasteiger partial charge is 0.251 e. The molecular formula is C14H19BrINO2. The molecule has 0 spiro atoms. The van der Waals surface area contributed by atoms with E-state index in [-0.39, 0.29) is 21.9 Å². The van der Waals surface area contributed by atoms with Gasteiger partial charge in [-0.25, -0.2) is 0 Å². The number of aromatic hydroxyl groups is 1. The molecule has 0 radical (unpaired) electrons. The predicted octanol–water partition coefficient (Wildman–Crippen LogP) is 3.93. The van der Waals surface area contributed by atoms with Crippen molar-refractivity contribution in [2.24, 2.45) is 5.41 Å². The number of nitrogens with one attached hydrogen (secondary N) is 1. The van der Waals surface area contributed by atoms with E-state index >= 15 is 0 Å². The third kappa shape index (κ3) is 6.12. The average molecular weight is 440 g/mol. The van der Waals surface area contributed by atoms with E-state index < -0.39 is 0 Å². The number of hydrogen-bond donors (Lipinski definition) is 2. The van der Waals surface area contributed by atoms with Crippen LogP contribution in [-0.2, 0) is 0 Å². The Kier molecular flexibility index (Phi) is 6.11. The molecule has 5 heteroatoms. The van der Waals surface area contributed by atoms with Crippen molar-refractivity contribution in [1.29, 1.82) is 0 Å². The van der Waals surface area contributed by atoms with Crippen LogP contribution in [0.4, 0.5) is 0 Å². The first kappa shape index (κ1) is 16.8. The number of halogens is 2. The maximum atomic E-state index is 11.9. The zero-order chi connectivity index (χ0) is 14.6. The zero-order valence-corrected chi connectivity index (χ0v) is 15.1. The Hall–Kier alpha value is -0.300. The van der Waals surface area contributed by atoms with Crippen molar-refractivity contribution < 1.29 is 9.90 Å². The lowest BCUT2D eigenvalue weighted by molar-refractivity contribution is 0.0952. The van der Waals surface area contributed by atoms with E-state index in [1.807, 2.05) is 22.6 Å². The van der Waals surface area contributed by atoms with E-state index in [2.05, 4.69) is 42.0 Å². The second-order valence-corrected chi connectivity index (χ2v) is 8.20. The van der Waals surface area contributed by atoms with Gasteiger partial charge in [0, 0.05) is 16.9 Å². The summed E-state index contributed by atoms with van der Waals surface area (Å²) in [5, 5.41) is 12.5. The van der Waals surface area contributed by atoms with Crippen LogP contribution in [0.5, 0.6) is 5.75 Å². The van der Waals surface area contributed by atoms with Crippen LogP contribution in [0, 0.1) is 8.99 Å². The zero-order valence-electron chi connectivity index (χ0n) is 11.3. The molecule has 2 N–H and O–H groups in total. The predicted molar refractivity (Wildman–Crippen MR) is 89.9 cm³/mol. The van der Waals surface area contributed by atoms with E-state index in [1.165, 1.54) is 6.07 Å². The van der Waals surface area contributed by atoms with Gasteiger partial charge in [0.15, 0.2) is 0 Å². The average Bonchev–Trinajstić information content (AvgIpc) is 2.27. The van der Waals surface area contributed by atoms with Crippen LogP contribution in [0.3, 0.4) is 0 Å². The monoisotopic (exact) mass is 439 g/mol. The Labute approximate surface area is 136 Å². The number of phenols is 1. The van der Waals surface area contributed by atoms with Gasteiger partial charge in [0.1, 0.15) is 5.75 Å². The second-order valence-electron chi connectivity index (χ2n) is 5.74. The van der Waals surface area contributed by atoms with Crippen molar-refractivity contribution in [3.05, 3.63) is 27.3 Å². The Morgan fingerprint density at radius 1 is 1.47 bits per heavy atom. The summed E-state index contributed by atoms with van der Waals surface area (Å²) in [6, 6.07) is 4.93. The molecule has 0 saturated heterocycles. The highest BCUT2D eigenvalue weighted by atomic mass is 127. The molecule has 1 aromatic rings. The Morgan fingerprint density at radius 3 is 2.63 bits per heavy atom. The molecule has 19 heavy (non-hydrogen) atoms. The first-order valence-corrected chi connectivity index (χ1v) is 8.09. The molecule has 0 bridgehead atoms. The molecule has 1 atom stereocenters. The van der Waals surface area contributed by atoms with Crippen molar-refractivity contribution >= 4 is 44.4 Å². The molecule has 0 aromatic heterocycles. The van der Waals surface area contributed by atoms with Gasteiger partial charge in [0.05, 0.1) is 3.57 Å². The third-order valence-electron chi connectivity index (χ3n) is 2.53. The molecule has 0 saturated carbocycles. The lowest BCUT2D eigenvalue weighted by atomic mass is 9.90. The van der Waals surface area contributed by atoms with Crippen LogP contribution in [0.1, 0.15) is 37.6 Å². The summed E-state index contributed by atoms with van der Waals surface area (Å²) in [6.45, 7) is 7.07. The van der Waals surface area contributed by atoms with E-state index in [0.29, 0.717) is 12.1 Å². The SMILES string of the molecule is CC(C)(C)CC(Br)CNC(=O)c1ccc(I)c(O)c1. The first-order valence-electron chi connectivity index (χ1n) is 6.10.